The van der Waals surface area contributed by atoms with Gasteiger partial charge in [0.05, 0.1) is 11.4 Å². The molecule has 1 aromatic rings. The number of nitrogens with zero attached hydrogens (tertiary/aromatic N) is 1. The first-order valence-corrected chi connectivity index (χ1v) is 8.35. The second kappa shape index (κ2) is 8.44. The van der Waals surface area contributed by atoms with E-state index in [1.807, 2.05) is 0 Å². The molecule has 0 saturated carbocycles. The van der Waals surface area contributed by atoms with Crippen molar-refractivity contribution < 1.29 is 13.2 Å². The lowest BCUT2D eigenvalue weighted by Crippen LogP contribution is -2.35. The number of sulfonamides is 1. The number of primary sulfonamides is 1. The fraction of sp³-hybridized carbons (Fsp3) is 0.462. The van der Waals surface area contributed by atoms with Gasteiger partial charge in [0.2, 0.25) is 15.9 Å². The Hall–Kier alpha value is -1.19. The van der Waals surface area contributed by atoms with Crippen LogP contribution in [0.15, 0.2) is 29.2 Å². The molecular formula is C13H21ClN4O3S. The van der Waals surface area contributed by atoms with Crippen molar-refractivity contribution in [1.29, 1.82) is 0 Å². The number of carbonyl (C=O) groups excluding carboxylic acids is 1. The summed E-state index contributed by atoms with van der Waals surface area (Å²) in [6, 6.07) is 5.93. The Morgan fingerprint density at radius 3 is 2.82 bits per heavy atom. The third-order valence-electron chi connectivity index (χ3n) is 3.25. The van der Waals surface area contributed by atoms with Crippen molar-refractivity contribution in [1.82, 2.24) is 10.2 Å². The number of nitrogens with two attached hydrogens (primary N) is 1. The first-order chi connectivity index (χ1) is 9.95. The first kappa shape index (κ1) is 18.9. The van der Waals surface area contributed by atoms with E-state index in [4.69, 9.17) is 5.14 Å². The van der Waals surface area contributed by atoms with Gasteiger partial charge in [0.25, 0.3) is 0 Å². The van der Waals surface area contributed by atoms with Crippen LogP contribution in [0.25, 0.3) is 0 Å². The van der Waals surface area contributed by atoms with E-state index < -0.39 is 10.0 Å². The molecule has 1 amide bonds. The van der Waals surface area contributed by atoms with Gasteiger partial charge in [0.1, 0.15) is 0 Å². The average molecular weight is 349 g/mol. The minimum Gasteiger partial charge on any atom is -0.325 e. The van der Waals surface area contributed by atoms with Gasteiger partial charge in [-0.2, -0.15) is 0 Å². The molecule has 1 aromatic carbocycles. The number of anilines is 1. The molecule has 1 heterocycles. The maximum Gasteiger partial charge on any atom is 0.238 e. The molecule has 2 rings (SSSR count). The van der Waals surface area contributed by atoms with E-state index >= 15 is 0 Å². The van der Waals surface area contributed by atoms with Crippen molar-refractivity contribution in [3.8, 4) is 0 Å². The predicted octanol–water partition coefficient (Wildman–Crippen LogP) is -0.0104. The molecule has 1 fully saturated rings. The van der Waals surface area contributed by atoms with E-state index in [-0.39, 0.29) is 23.2 Å². The minimum absolute atomic E-state index is 0. The summed E-state index contributed by atoms with van der Waals surface area (Å²) in [5, 5.41) is 11.0. The SMILES string of the molecule is Cl.NS(=O)(=O)c1cccc(NC(=O)CN2CCCNCC2)c1. The van der Waals surface area contributed by atoms with E-state index in [0.717, 1.165) is 32.6 Å². The molecule has 4 N–H and O–H groups in total. The summed E-state index contributed by atoms with van der Waals surface area (Å²) in [7, 11) is -3.76. The molecule has 0 bridgehead atoms. The van der Waals surface area contributed by atoms with Crippen LogP contribution in [-0.2, 0) is 14.8 Å². The summed E-state index contributed by atoms with van der Waals surface area (Å²) in [6.07, 6.45) is 1.01. The zero-order chi connectivity index (χ0) is 15.3. The number of halogens is 1. The molecule has 1 saturated heterocycles. The molecule has 22 heavy (non-hydrogen) atoms. The van der Waals surface area contributed by atoms with Crippen LogP contribution in [0.2, 0.25) is 0 Å². The van der Waals surface area contributed by atoms with Crippen LogP contribution in [-0.4, -0.2) is 51.9 Å². The number of nitrogens with one attached hydrogen (secondary N) is 2. The Bertz CT molecular complexity index is 601. The van der Waals surface area contributed by atoms with Gasteiger partial charge in [-0.15, -0.1) is 12.4 Å². The number of hydrogen-bond acceptors (Lipinski definition) is 5. The Kier molecular flexibility index (Phi) is 7.24. The molecule has 0 atom stereocenters. The maximum absolute atomic E-state index is 12.0. The highest BCUT2D eigenvalue weighted by Crippen LogP contribution is 2.14. The Morgan fingerprint density at radius 1 is 1.32 bits per heavy atom. The lowest BCUT2D eigenvalue weighted by Gasteiger charge is -2.18. The van der Waals surface area contributed by atoms with Crippen LogP contribution in [0.1, 0.15) is 6.42 Å². The van der Waals surface area contributed by atoms with E-state index in [1.165, 1.54) is 12.1 Å². The van der Waals surface area contributed by atoms with E-state index in [0.29, 0.717) is 12.2 Å². The third kappa shape index (κ3) is 5.90. The standard InChI is InChI=1S/C13H20N4O3S.ClH/c14-21(19,20)12-4-1-3-11(9-12)16-13(18)10-17-7-2-5-15-6-8-17;/h1,3-4,9,15H,2,5-8,10H2,(H,16,18)(H2,14,19,20);1H. The van der Waals surface area contributed by atoms with Crippen molar-refractivity contribution in [3.05, 3.63) is 24.3 Å². The zero-order valence-corrected chi connectivity index (χ0v) is 13.8. The fourth-order valence-corrected chi connectivity index (χ4v) is 2.77. The van der Waals surface area contributed by atoms with Crippen molar-refractivity contribution in [2.45, 2.75) is 11.3 Å². The quantitative estimate of drug-likeness (QED) is 0.710. The van der Waals surface area contributed by atoms with Gasteiger partial charge in [-0.1, -0.05) is 6.07 Å². The van der Waals surface area contributed by atoms with Crippen LogP contribution in [0.4, 0.5) is 5.69 Å². The monoisotopic (exact) mass is 348 g/mol. The minimum atomic E-state index is -3.76. The molecule has 7 nitrogen and oxygen atoms in total. The summed E-state index contributed by atoms with van der Waals surface area (Å²) in [5.74, 6) is -0.163. The van der Waals surface area contributed by atoms with Gasteiger partial charge in [-0.25, -0.2) is 13.6 Å². The van der Waals surface area contributed by atoms with E-state index in [2.05, 4.69) is 15.5 Å². The molecule has 0 radical (unpaired) electrons. The first-order valence-electron chi connectivity index (χ1n) is 6.81. The zero-order valence-electron chi connectivity index (χ0n) is 12.1. The second-order valence-electron chi connectivity index (χ2n) is 5.00. The number of carbonyl (C=O) groups is 1. The highest BCUT2D eigenvalue weighted by Gasteiger charge is 2.14. The summed E-state index contributed by atoms with van der Waals surface area (Å²) in [4.78, 5) is 14.1. The number of hydrogen-bond donors (Lipinski definition) is 3. The topological polar surface area (TPSA) is 105 Å². The number of benzene rings is 1. The molecule has 0 spiro atoms. The van der Waals surface area contributed by atoms with Crippen LogP contribution in [0.3, 0.4) is 0 Å². The van der Waals surface area contributed by atoms with Gasteiger partial charge in [-0.3, -0.25) is 9.69 Å². The highest BCUT2D eigenvalue weighted by molar-refractivity contribution is 7.89. The van der Waals surface area contributed by atoms with Crippen LogP contribution >= 0.6 is 12.4 Å². The van der Waals surface area contributed by atoms with Crippen molar-refractivity contribution in [3.63, 3.8) is 0 Å². The lowest BCUT2D eigenvalue weighted by molar-refractivity contribution is -0.117. The van der Waals surface area contributed by atoms with Crippen molar-refractivity contribution in [2.24, 2.45) is 5.14 Å². The lowest BCUT2D eigenvalue weighted by atomic mass is 10.3. The van der Waals surface area contributed by atoms with Gasteiger partial charge in [0.15, 0.2) is 0 Å². The smallest absolute Gasteiger partial charge is 0.238 e. The summed E-state index contributed by atoms with van der Waals surface area (Å²) < 4.78 is 22.6. The van der Waals surface area contributed by atoms with E-state index in [1.54, 1.807) is 12.1 Å². The number of amides is 1. The molecule has 0 aliphatic carbocycles. The molecule has 1 aliphatic rings. The second-order valence-corrected chi connectivity index (χ2v) is 6.56. The molecule has 9 heteroatoms. The van der Waals surface area contributed by atoms with Crippen molar-refractivity contribution >= 4 is 34.0 Å². The third-order valence-corrected chi connectivity index (χ3v) is 4.16. The van der Waals surface area contributed by atoms with E-state index in [9.17, 15) is 13.2 Å². The predicted molar refractivity (Wildman–Crippen MR) is 87.6 cm³/mol. The summed E-state index contributed by atoms with van der Waals surface area (Å²) >= 11 is 0. The maximum atomic E-state index is 12.0. The van der Waals surface area contributed by atoms with Crippen LogP contribution < -0.4 is 15.8 Å². The molecule has 0 unspecified atom stereocenters. The molecular weight excluding hydrogens is 328 g/mol. The largest absolute Gasteiger partial charge is 0.325 e. The Labute approximate surface area is 136 Å². The molecule has 0 aromatic heterocycles. The summed E-state index contributed by atoms with van der Waals surface area (Å²) in [5.41, 5.74) is 0.430. The van der Waals surface area contributed by atoms with Crippen LogP contribution in [0, 0.1) is 0 Å². The normalized spacial score (nSPS) is 16.4. The molecule has 1 aliphatic heterocycles. The Morgan fingerprint density at radius 2 is 2.09 bits per heavy atom. The summed E-state index contributed by atoms with van der Waals surface area (Å²) in [6.45, 7) is 3.83. The highest BCUT2D eigenvalue weighted by atomic mass is 35.5. The average Bonchev–Trinajstić information content (AvgIpc) is 2.66. The number of rotatable bonds is 4. The van der Waals surface area contributed by atoms with Gasteiger partial charge in [0, 0.05) is 18.8 Å². The molecule has 124 valence electrons. The van der Waals surface area contributed by atoms with Crippen molar-refractivity contribution in [2.75, 3.05) is 38.0 Å². The van der Waals surface area contributed by atoms with Gasteiger partial charge >= 0.3 is 0 Å². The van der Waals surface area contributed by atoms with Crippen LogP contribution in [0.5, 0.6) is 0 Å². The Balaban J connectivity index is 0.00000242. The van der Waals surface area contributed by atoms with Gasteiger partial charge in [-0.05, 0) is 37.7 Å². The fourth-order valence-electron chi connectivity index (χ4n) is 2.21. The van der Waals surface area contributed by atoms with Gasteiger partial charge < -0.3 is 10.6 Å².